The number of rotatable bonds is 6. The molecule has 0 aliphatic heterocycles. The van der Waals surface area contributed by atoms with Crippen molar-refractivity contribution in [2.24, 2.45) is 11.1 Å². The topological polar surface area (TPSA) is 141 Å². The minimum atomic E-state index is -0.843. The van der Waals surface area contributed by atoms with Crippen LogP contribution in [0, 0.1) is 11.2 Å². The highest BCUT2D eigenvalue weighted by molar-refractivity contribution is 6.05. The van der Waals surface area contributed by atoms with Gasteiger partial charge in [0, 0.05) is 5.39 Å². The number of halogens is 1. The van der Waals surface area contributed by atoms with Crippen LogP contribution in [0.3, 0.4) is 0 Å². The number of nitrogens with one attached hydrogen (secondary N) is 2. The van der Waals surface area contributed by atoms with E-state index in [-0.39, 0.29) is 23.4 Å². The Bertz CT molecular complexity index is 1340. The lowest BCUT2D eigenvalue weighted by Crippen LogP contribution is -2.37. The molecule has 11 heteroatoms. The molecule has 0 aliphatic rings. The summed E-state index contributed by atoms with van der Waals surface area (Å²) in [6.45, 7) is 6.06. The minimum Gasteiger partial charge on any atom is -0.405 e. The van der Waals surface area contributed by atoms with Gasteiger partial charge in [-0.3, -0.25) is 14.8 Å². The number of para-hydroxylation sites is 1. The van der Waals surface area contributed by atoms with Gasteiger partial charge in [-0.25, -0.2) is 9.18 Å². The highest BCUT2D eigenvalue weighted by Crippen LogP contribution is 2.33. The zero-order valence-corrected chi connectivity index (χ0v) is 18.9. The molecule has 0 radical (unpaired) electrons. The van der Waals surface area contributed by atoms with Gasteiger partial charge in [0.05, 0.1) is 12.1 Å². The molecule has 0 bridgehead atoms. The van der Waals surface area contributed by atoms with E-state index in [1.54, 1.807) is 16.8 Å². The van der Waals surface area contributed by atoms with Crippen LogP contribution in [0.2, 0.25) is 0 Å². The lowest BCUT2D eigenvalue weighted by Gasteiger charge is -2.28. The van der Waals surface area contributed by atoms with E-state index >= 15 is 0 Å². The zero-order valence-electron chi connectivity index (χ0n) is 18.9. The van der Waals surface area contributed by atoms with Crippen molar-refractivity contribution in [2.45, 2.75) is 33.4 Å². The first-order valence-electron chi connectivity index (χ1n) is 10.5. The quantitative estimate of drug-likeness (QED) is 0.397. The molecule has 10 nitrogen and oxygen atoms in total. The minimum absolute atomic E-state index is 0.111. The molecule has 2 aromatic carbocycles. The Hall–Kier alpha value is -4.28. The van der Waals surface area contributed by atoms with Gasteiger partial charge in [-0.05, 0) is 29.2 Å². The lowest BCUT2D eigenvalue weighted by molar-refractivity contribution is 0.0881. The van der Waals surface area contributed by atoms with E-state index < -0.39 is 23.4 Å². The van der Waals surface area contributed by atoms with Gasteiger partial charge < -0.3 is 15.5 Å². The first kappa shape index (κ1) is 22.9. The van der Waals surface area contributed by atoms with Crippen molar-refractivity contribution in [2.75, 3.05) is 5.32 Å². The van der Waals surface area contributed by atoms with Crippen molar-refractivity contribution < 1.29 is 18.4 Å². The molecular formula is C23H24FN7O3. The van der Waals surface area contributed by atoms with Crippen LogP contribution in [0.15, 0.2) is 52.9 Å². The molecule has 1 unspecified atom stereocenters. The van der Waals surface area contributed by atoms with Crippen LogP contribution in [-0.4, -0.2) is 31.9 Å². The second-order valence-corrected chi connectivity index (χ2v) is 8.86. The van der Waals surface area contributed by atoms with Crippen LogP contribution >= 0.6 is 0 Å². The van der Waals surface area contributed by atoms with Gasteiger partial charge in [0.2, 0.25) is 5.89 Å². The lowest BCUT2D eigenvalue weighted by atomic mass is 9.86. The highest BCUT2D eigenvalue weighted by Gasteiger charge is 2.34. The number of urea groups is 1. The van der Waals surface area contributed by atoms with E-state index in [0.717, 1.165) is 11.1 Å². The maximum absolute atomic E-state index is 13.4. The van der Waals surface area contributed by atoms with E-state index in [4.69, 9.17) is 10.2 Å². The maximum Gasteiger partial charge on any atom is 0.323 e. The summed E-state index contributed by atoms with van der Waals surface area (Å²) in [6, 6.07) is 11.8. The molecular weight excluding hydrogens is 441 g/mol. The zero-order chi connectivity index (χ0) is 24.5. The Morgan fingerprint density at radius 1 is 1.12 bits per heavy atom. The third kappa shape index (κ3) is 4.87. The summed E-state index contributed by atoms with van der Waals surface area (Å²) in [6.07, 6.45) is 0. The van der Waals surface area contributed by atoms with Crippen LogP contribution < -0.4 is 16.4 Å². The second kappa shape index (κ2) is 8.93. The van der Waals surface area contributed by atoms with Gasteiger partial charge in [-0.2, -0.15) is 5.10 Å². The fraction of sp³-hybridized carbons (Fsp3) is 0.261. The normalized spacial score (nSPS) is 12.5. The number of amides is 3. The predicted molar refractivity (Wildman–Crippen MR) is 122 cm³/mol. The maximum atomic E-state index is 13.4. The molecule has 0 spiro atoms. The average molecular weight is 465 g/mol. The molecule has 4 rings (SSSR count). The van der Waals surface area contributed by atoms with Gasteiger partial charge in [-0.15, -0.1) is 5.10 Å². The summed E-state index contributed by atoms with van der Waals surface area (Å²) >= 11 is 0. The second-order valence-electron chi connectivity index (χ2n) is 8.86. The van der Waals surface area contributed by atoms with Crippen molar-refractivity contribution in [1.29, 1.82) is 0 Å². The number of hydrogen-bond donors (Lipinski definition) is 3. The molecule has 2 heterocycles. The molecule has 3 amide bonds. The summed E-state index contributed by atoms with van der Waals surface area (Å²) in [7, 11) is 0. The largest absolute Gasteiger partial charge is 0.405 e. The number of anilines is 1. The Morgan fingerprint density at radius 2 is 1.82 bits per heavy atom. The first-order chi connectivity index (χ1) is 16.1. The van der Waals surface area contributed by atoms with Crippen LogP contribution in [-0.2, 0) is 6.54 Å². The van der Waals surface area contributed by atoms with Crippen LogP contribution in [0.25, 0.3) is 10.9 Å². The molecule has 176 valence electrons. The number of carbonyl (C=O) groups excluding carboxylic acids is 2. The Balaban J connectivity index is 1.65. The van der Waals surface area contributed by atoms with Gasteiger partial charge in [0.15, 0.2) is 5.69 Å². The van der Waals surface area contributed by atoms with Crippen molar-refractivity contribution in [3.05, 3.63) is 71.5 Å². The van der Waals surface area contributed by atoms with Gasteiger partial charge in [-0.1, -0.05) is 56.2 Å². The summed E-state index contributed by atoms with van der Waals surface area (Å²) in [4.78, 5) is 24.4. The third-order valence-electron chi connectivity index (χ3n) is 5.18. The van der Waals surface area contributed by atoms with E-state index in [9.17, 15) is 14.0 Å². The Labute approximate surface area is 194 Å². The molecule has 4 N–H and O–H groups in total. The number of hydrogen-bond acceptors (Lipinski definition) is 6. The molecule has 2 aromatic heterocycles. The number of benzene rings is 2. The number of carbonyl (C=O) groups is 2. The number of fused-ring (bicyclic) bond motifs is 1. The van der Waals surface area contributed by atoms with Crippen molar-refractivity contribution >= 4 is 28.9 Å². The number of nitrogens with zero attached hydrogens (tertiary/aromatic N) is 4. The monoisotopic (exact) mass is 465 g/mol. The van der Waals surface area contributed by atoms with Crippen molar-refractivity contribution in [3.63, 3.8) is 0 Å². The van der Waals surface area contributed by atoms with E-state index in [1.165, 1.54) is 12.1 Å². The van der Waals surface area contributed by atoms with Crippen LogP contribution in [0.1, 0.15) is 48.8 Å². The van der Waals surface area contributed by atoms with Gasteiger partial charge >= 0.3 is 12.0 Å². The predicted octanol–water partition coefficient (Wildman–Crippen LogP) is 3.61. The van der Waals surface area contributed by atoms with E-state index in [1.807, 2.05) is 45.0 Å². The van der Waals surface area contributed by atoms with Gasteiger partial charge in [0.1, 0.15) is 11.9 Å². The summed E-state index contributed by atoms with van der Waals surface area (Å²) in [5.74, 6) is -0.645. The molecule has 4 aromatic rings. The highest BCUT2D eigenvalue weighted by atomic mass is 19.1. The van der Waals surface area contributed by atoms with Crippen LogP contribution in [0.5, 0.6) is 0 Å². The first-order valence-corrected chi connectivity index (χ1v) is 10.5. The molecule has 0 saturated carbocycles. The standard InChI is InChI=1S/C23H24FN7O3/c1-23(2,3)18(20-28-29-22(34-20)27-21(25)33)26-19(32)17-15-6-4-5-7-16(15)31(30-17)12-13-8-10-14(24)11-9-13/h4-11,18H,12H2,1-3H3,(H,26,32)(H3,25,27,29,33). The molecule has 34 heavy (non-hydrogen) atoms. The van der Waals surface area contributed by atoms with Crippen molar-refractivity contribution in [3.8, 4) is 0 Å². The van der Waals surface area contributed by atoms with Crippen LogP contribution in [0.4, 0.5) is 15.2 Å². The molecule has 1 atom stereocenters. The SMILES string of the molecule is CC(C)(C)C(NC(=O)c1nn(Cc2ccc(F)cc2)c2ccccc12)c1nnc(NC(N)=O)o1. The third-order valence-corrected chi connectivity index (χ3v) is 5.18. The number of primary amides is 1. The Morgan fingerprint density at radius 3 is 2.50 bits per heavy atom. The summed E-state index contributed by atoms with van der Waals surface area (Å²) in [5.41, 5.74) is 6.40. The van der Waals surface area contributed by atoms with Crippen molar-refractivity contribution in [1.82, 2.24) is 25.3 Å². The summed E-state index contributed by atoms with van der Waals surface area (Å²) < 4.78 is 20.5. The molecule has 0 fully saturated rings. The fourth-order valence-electron chi connectivity index (χ4n) is 3.53. The summed E-state index contributed by atoms with van der Waals surface area (Å²) in [5, 5.41) is 18.1. The smallest absolute Gasteiger partial charge is 0.323 e. The average Bonchev–Trinajstić information content (AvgIpc) is 3.37. The Kier molecular flexibility index (Phi) is 6.01. The van der Waals surface area contributed by atoms with E-state index in [2.05, 4.69) is 25.9 Å². The number of aromatic nitrogens is 4. The van der Waals surface area contributed by atoms with Gasteiger partial charge in [0.25, 0.3) is 5.91 Å². The molecule has 0 saturated heterocycles. The van der Waals surface area contributed by atoms with E-state index in [0.29, 0.717) is 11.9 Å². The molecule has 0 aliphatic carbocycles. The fourth-order valence-corrected chi connectivity index (χ4v) is 3.53. The number of nitrogens with two attached hydrogens (primary N) is 1.